The molecular weight excluding hydrogens is 320 g/mol. The zero-order chi connectivity index (χ0) is 14.4. The number of aromatic nitrogens is 2. The Bertz CT molecular complexity index is 558. The SMILES string of the molecule is CCCc1nc(Br)cc(Oc2ccc(CCO)cc2)n1. The lowest BCUT2D eigenvalue weighted by atomic mass is 10.1. The van der Waals surface area contributed by atoms with Gasteiger partial charge < -0.3 is 9.84 Å². The zero-order valence-electron chi connectivity index (χ0n) is 11.3. The Morgan fingerprint density at radius 2 is 1.90 bits per heavy atom. The van der Waals surface area contributed by atoms with Crippen molar-refractivity contribution in [2.24, 2.45) is 0 Å². The molecule has 1 N–H and O–H groups in total. The van der Waals surface area contributed by atoms with Crippen molar-refractivity contribution in [2.75, 3.05) is 6.61 Å². The molecule has 0 unspecified atom stereocenters. The van der Waals surface area contributed by atoms with Crippen LogP contribution >= 0.6 is 15.9 Å². The van der Waals surface area contributed by atoms with Crippen LogP contribution in [0.1, 0.15) is 24.7 Å². The van der Waals surface area contributed by atoms with Crippen LogP contribution in [0.25, 0.3) is 0 Å². The molecule has 5 heteroatoms. The van der Waals surface area contributed by atoms with Crippen LogP contribution in [-0.4, -0.2) is 21.7 Å². The van der Waals surface area contributed by atoms with E-state index in [2.05, 4.69) is 32.8 Å². The molecule has 1 heterocycles. The van der Waals surface area contributed by atoms with E-state index in [1.165, 1.54) is 0 Å². The number of benzene rings is 1. The van der Waals surface area contributed by atoms with Gasteiger partial charge in [0.15, 0.2) is 0 Å². The highest BCUT2D eigenvalue weighted by Crippen LogP contribution is 2.22. The average Bonchev–Trinajstić information content (AvgIpc) is 2.41. The van der Waals surface area contributed by atoms with Crippen molar-refractivity contribution in [2.45, 2.75) is 26.2 Å². The van der Waals surface area contributed by atoms with E-state index >= 15 is 0 Å². The lowest BCUT2D eigenvalue weighted by molar-refractivity contribution is 0.299. The lowest BCUT2D eigenvalue weighted by Crippen LogP contribution is -1.98. The van der Waals surface area contributed by atoms with Gasteiger partial charge in [0.05, 0.1) is 0 Å². The van der Waals surface area contributed by atoms with E-state index in [-0.39, 0.29) is 6.61 Å². The highest BCUT2D eigenvalue weighted by molar-refractivity contribution is 9.10. The van der Waals surface area contributed by atoms with E-state index < -0.39 is 0 Å². The molecule has 0 saturated heterocycles. The molecule has 2 rings (SSSR count). The van der Waals surface area contributed by atoms with Crippen LogP contribution in [0.15, 0.2) is 34.9 Å². The van der Waals surface area contributed by atoms with Gasteiger partial charge in [0.2, 0.25) is 5.88 Å². The van der Waals surface area contributed by atoms with Gasteiger partial charge in [-0.25, -0.2) is 4.98 Å². The fourth-order valence-electron chi connectivity index (χ4n) is 1.80. The third-order valence-electron chi connectivity index (χ3n) is 2.74. The van der Waals surface area contributed by atoms with Gasteiger partial charge in [-0.3, -0.25) is 0 Å². The van der Waals surface area contributed by atoms with Crippen LogP contribution in [-0.2, 0) is 12.8 Å². The second-order valence-electron chi connectivity index (χ2n) is 4.41. The smallest absolute Gasteiger partial charge is 0.223 e. The van der Waals surface area contributed by atoms with E-state index in [4.69, 9.17) is 9.84 Å². The van der Waals surface area contributed by atoms with E-state index in [0.717, 1.165) is 34.6 Å². The molecule has 4 nitrogen and oxygen atoms in total. The molecule has 2 aromatic rings. The number of rotatable bonds is 6. The topological polar surface area (TPSA) is 55.2 Å². The van der Waals surface area contributed by atoms with Crippen LogP contribution < -0.4 is 4.74 Å². The molecule has 0 fully saturated rings. The third kappa shape index (κ3) is 4.28. The van der Waals surface area contributed by atoms with Crippen molar-refractivity contribution < 1.29 is 9.84 Å². The van der Waals surface area contributed by atoms with Crippen LogP contribution in [0.4, 0.5) is 0 Å². The van der Waals surface area contributed by atoms with E-state index in [0.29, 0.717) is 12.3 Å². The van der Waals surface area contributed by atoms with Crippen molar-refractivity contribution in [3.8, 4) is 11.6 Å². The van der Waals surface area contributed by atoms with Gasteiger partial charge in [0, 0.05) is 19.1 Å². The number of aliphatic hydroxyl groups excluding tert-OH is 1. The first-order chi connectivity index (χ1) is 9.71. The van der Waals surface area contributed by atoms with E-state index in [9.17, 15) is 0 Å². The summed E-state index contributed by atoms with van der Waals surface area (Å²) in [6.07, 6.45) is 2.47. The van der Waals surface area contributed by atoms with Crippen molar-refractivity contribution in [1.82, 2.24) is 9.97 Å². The van der Waals surface area contributed by atoms with Crippen molar-refractivity contribution in [3.05, 3.63) is 46.3 Å². The highest BCUT2D eigenvalue weighted by Gasteiger charge is 2.05. The van der Waals surface area contributed by atoms with Gasteiger partial charge in [-0.1, -0.05) is 19.1 Å². The van der Waals surface area contributed by atoms with Gasteiger partial charge >= 0.3 is 0 Å². The minimum atomic E-state index is 0.152. The summed E-state index contributed by atoms with van der Waals surface area (Å²) < 4.78 is 6.46. The van der Waals surface area contributed by atoms with E-state index in [1.807, 2.05) is 24.3 Å². The van der Waals surface area contributed by atoms with Gasteiger partial charge in [0.1, 0.15) is 16.2 Å². The molecule has 0 amide bonds. The molecule has 0 aliphatic rings. The summed E-state index contributed by atoms with van der Waals surface area (Å²) in [7, 11) is 0. The molecule has 1 aromatic carbocycles. The molecule has 0 atom stereocenters. The summed E-state index contributed by atoms with van der Waals surface area (Å²) in [4.78, 5) is 8.68. The summed E-state index contributed by atoms with van der Waals surface area (Å²) >= 11 is 3.37. The Morgan fingerprint density at radius 3 is 2.55 bits per heavy atom. The fraction of sp³-hybridized carbons (Fsp3) is 0.333. The molecule has 0 radical (unpaired) electrons. The number of ether oxygens (including phenoxy) is 1. The molecule has 0 aliphatic carbocycles. The van der Waals surface area contributed by atoms with Crippen molar-refractivity contribution in [1.29, 1.82) is 0 Å². The summed E-state index contributed by atoms with van der Waals surface area (Å²) in [6.45, 7) is 2.24. The lowest BCUT2D eigenvalue weighted by Gasteiger charge is -2.07. The minimum Gasteiger partial charge on any atom is -0.439 e. The van der Waals surface area contributed by atoms with Crippen LogP contribution in [0, 0.1) is 0 Å². The second-order valence-corrected chi connectivity index (χ2v) is 5.23. The molecule has 0 spiro atoms. The predicted molar refractivity (Wildman–Crippen MR) is 81.0 cm³/mol. The monoisotopic (exact) mass is 336 g/mol. The first-order valence-corrected chi connectivity index (χ1v) is 7.41. The van der Waals surface area contributed by atoms with Crippen LogP contribution in [0.2, 0.25) is 0 Å². The maximum atomic E-state index is 8.88. The Balaban J connectivity index is 2.12. The van der Waals surface area contributed by atoms with Gasteiger partial charge in [-0.05, 0) is 46.5 Å². The van der Waals surface area contributed by atoms with Crippen molar-refractivity contribution in [3.63, 3.8) is 0 Å². The van der Waals surface area contributed by atoms with Gasteiger partial charge in [-0.2, -0.15) is 4.98 Å². The predicted octanol–water partition coefficient (Wildman–Crippen LogP) is 3.52. The molecule has 0 aliphatic heterocycles. The Morgan fingerprint density at radius 1 is 1.15 bits per heavy atom. The van der Waals surface area contributed by atoms with Gasteiger partial charge in [-0.15, -0.1) is 0 Å². The maximum Gasteiger partial charge on any atom is 0.223 e. The van der Waals surface area contributed by atoms with Crippen molar-refractivity contribution >= 4 is 15.9 Å². The van der Waals surface area contributed by atoms with Gasteiger partial charge in [0.25, 0.3) is 0 Å². The van der Waals surface area contributed by atoms with Crippen LogP contribution in [0.3, 0.4) is 0 Å². The first-order valence-electron chi connectivity index (χ1n) is 6.62. The molecule has 1 aromatic heterocycles. The quantitative estimate of drug-likeness (QED) is 0.820. The third-order valence-corrected chi connectivity index (χ3v) is 3.14. The number of hydrogen-bond donors (Lipinski definition) is 1. The summed E-state index contributed by atoms with van der Waals surface area (Å²) in [6, 6.07) is 9.38. The highest BCUT2D eigenvalue weighted by atomic mass is 79.9. The number of hydrogen-bond acceptors (Lipinski definition) is 4. The zero-order valence-corrected chi connectivity index (χ0v) is 12.9. The average molecular weight is 337 g/mol. The number of halogens is 1. The molecule has 0 bridgehead atoms. The van der Waals surface area contributed by atoms with Crippen LogP contribution in [0.5, 0.6) is 11.6 Å². The number of aryl methyl sites for hydroxylation is 1. The molecule has 106 valence electrons. The second kappa shape index (κ2) is 7.36. The summed E-state index contributed by atoms with van der Waals surface area (Å²) in [5, 5.41) is 8.88. The Kier molecular flexibility index (Phi) is 5.49. The number of nitrogens with zero attached hydrogens (tertiary/aromatic N) is 2. The largest absolute Gasteiger partial charge is 0.439 e. The summed E-state index contributed by atoms with van der Waals surface area (Å²) in [5.74, 6) is 2.03. The minimum absolute atomic E-state index is 0.152. The summed E-state index contributed by atoms with van der Waals surface area (Å²) in [5.41, 5.74) is 1.08. The maximum absolute atomic E-state index is 8.88. The molecule has 0 saturated carbocycles. The molecule has 20 heavy (non-hydrogen) atoms. The molecular formula is C15H17BrN2O2. The Labute approximate surface area is 127 Å². The van der Waals surface area contributed by atoms with E-state index in [1.54, 1.807) is 6.07 Å². The normalized spacial score (nSPS) is 10.6. The fourth-order valence-corrected chi connectivity index (χ4v) is 2.20. The number of aliphatic hydroxyl groups is 1. The first kappa shape index (κ1) is 14.9. The standard InChI is InChI=1S/C15H17BrN2O2/c1-2-3-14-17-13(16)10-15(18-14)20-12-6-4-11(5-7-12)8-9-19/h4-7,10,19H,2-3,8-9H2,1H3. The Hall–Kier alpha value is -1.46.